The van der Waals surface area contributed by atoms with Crippen LogP contribution in [0.2, 0.25) is 0 Å². The molecule has 0 aliphatic heterocycles. The zero-order valence-electron chi connectivity index (χ0n) is 6.75. The summed E-state index contributed by atoms with van der Waals surface area (Å²) < 4.78 is 2.03. The molecule has 2 rings (SSSR count). The third-order valence-corrected chi connectivity index (χ3v) is 2.34. The lowest BCUT2D eigenvalue weighted by Crippen LogP contribution is -2.25. The molecular formula is C8H13N3. The average Bonchev–Trinajstić information content (AvgIpc) is 2.54. The van der Waals surface area contributed by atoms with Gasteiger partial charge in [0.05, 0.1) is 6.33 Å². The Balaban J connectivity index is 2.12. The first-order valence-electron chi connectivity index (χ1n) is 3.94. The van der Waals surface area contributed by atoms with Crippen LogP contribution in [-0.4, -0.2) is 15.1 Å². The minimum absolute atomic E-state index is 0.105. The monoisotopic (exact) mass is 151 g/mol. The Morgan fingerprint density at radius 2 is 2.45 bits per heavy atom. The first-order valence-corrected chi connectivity index (χ1v) is 3.94. The van der Waals surface area contributed by atoms with E-state index in [2.05, 4.69) is 4.98 Å². The van der Waals surface area contributed by atoms with Crippen LogP contribution in [0.3, 0.4) is 0 Å². The minimum Gasteiger partial charge on any atom is -0.338 e. The number of nitrogens with zero attached hydrogens (tertiary/aromatic N) is 2. The molecule has 0 bridgehead atoms. The highest BCUT2D eigenvalue weighted by molar-refractivity contribution is 5.11. The van der Waals surface area contributed by atoms with E-state index < -0.39 is 0 Å². The van der Waals surface area contributed by atoms with Crippen molar-refractivity contribution in [2.75, 3.05) is 0 Å². The van der Waals surface area contributed by atoms with Gasteiger partial charge in [0.25, 0.3) is 0 Å². The maximum atomic E-state index is 5.97. The molecule has 1 aliphatic rings. The zero-order chi connectivity index (χ0) is 7.90. The van der Waals surface area contributed by atoms with E-state index in [0.29, 0.717) is 0 Å². The Morgan fingerprint density at radius 3 is 2.91 bits per heavy atom. The summed E-state index contributed by atoms with van der Waals surface area (Å²) in [6.07, 6.45) is 7.02. The highest BCUT2D eigenvalue weighted by Gasteiger charge is 2.38. The molecule has 0 unspecified atom stereocenters. The van der Waals surface area contributed by atoms with Crippen molar-refractivity contribution in [2.45, 2.75) is 24.8 Å². The van der Waals surface area contributed by atoms with E-state index in [4.69, 9.17) is 5.73 Å². The third kappa shape index (κ3) is 1.28. The Morgan fingerprint density at radius 1 is 1.73 bits per heavy atom. The molecular weight excluding hydrogens is 138 g/mol. The molecule has 1 aliphatic carbocycles. The van der Waals surface area contributed by atoms with Crippen molar-refractivity contribution in [1.29, 1.82) is 0 Å². The van der Waals surface area contributed by atoms with Gasteiger partial charge in [-0.1, -0.05) is 0 Å². The maximum absolute atomic E-state index is 5.97. The molecule has 0 aromatic carbocycles. The lowest BCUT2D eigenvalue weighted by molar-refractivity contribution is 0.638. The molecule has 1 saturated carbocycles. The van der Waals surface area contributed by atoms with Crippen LogP contribution in [0.5, 0.6) is 0 Å². The van der Waals surface area contributed by atoms with Crippen LogP contribution < -0.4 is 5.73 Å². The van der Waals surface area contributed by atoms with Gasteiger partial charge in [-0.25, -0.2) is 4.98 Å². The molecule has 0 atom stereocenters. The number of hydrogen-bond donors (Lipinski definition) is 1. The van der Waals surface area contributed by atoms with E-state index in [1.807, 2.05) is 24.1 Å². The molecule has 11 heavy (non-hydrogen) atoms. The number of imidazole rings is 1. The van der Waals surface area contributed by atoms with Gasteiger partial charge in [-0.3, -0.25) is 0 Å². The summed E-state index contributed by atoms with van der Waals surface area (Å²) in [5, 5.41) is 0. The van der Waals surface area contributed by atoms with E-state index in [1.165, 1.54) is 5.69 Å². The normalized spacial score (nSPS) is 20.2. The van der Waals surface area contributed by atoms with E-state index in [9.17, 15) is 0 Å². The largest absolute Gasteiger partial charge is 0.338 e. The summed E-state index contributed by atoms with van der Waals surface area (Å²) in [6, 6.07) is 0. The molecule has 0 amide bonds. The van der Waals surface area contributed by atoms with Gasteiger partial charge in [0.1, 0.15) is 0 Å². The van der Waals surface area contributed by atoms with Gasteiger partial charge >= 0.3 is 0 Å². The van der Waals surface area contributed by atoms with Crippen LogP contribution in [0.1, 0.15) is 18.5 Å². The molecule has 1 aromatic rings. The highest BCUT2D eigenvalue weighted by Crippen LogP contribution is 2.35. The van der Waals surface area contributed by atoms with E-state index >= 15 is 0 Å². The van der Waals surface area contributed by atoms with E-state index in [0.717, 1.165) is 19.3 Å². The van der Waals surface area contributed by atoms with Crippen LogP contribution in [0.15, 0.2) is 12.5 Å². The second kappa shape index (κ2) is 2.08. The van der Waals surface area contributed by atoms with Crippen molar-refractivity contribution >= 4 is 0 Å². The predicted molar refractivity (Wildman–Crippen MR) is 43.1 cm³/mol. The Bertz CT molecular complexity index is 260. The first kappa shape index (κ1) is 6.85. The smallest absolute Gasteiger partial charge is 0.0945 e. The molecule has 1 heterocycles. The molecule has 3 nitrogen and oxygen atoms in total. The molecule has 2 N–H and O–H groups in total. The van der Waals surface area contributed by atoms with Gasteiger partial charge < -0.3 is 10.3 Å². The molecule has 1 fully saturated rings. The molecule has 3 heteroatoms. The fraction of sp³-hybridized carbons (Fsp3) is 0.625. The summed E-state index contributed by atoms with van der Waals surface area (Å²) in [7, 11) is 2.01. The van der Waals surface area contributed by atoms with Crippen molar-refractivity contribution in [3.63, 3.8) is 0 Å². The molecule has 0 radical (unpaired) electrons. The van der Waals surface area contributed by atoms with Crippen molar-refractivity contribution in [3.8, 4) is 0 Å². The maximum Gasteiger partial charge on any atom is 0.0945 e. The van der Waals surface area contributed by atoms with Crippen LogP contribution in [0, 0.1) is 0 Å². The van der Waals surface area contributed by atoms with Gasteiger partial charge in [-0.2, -0.15) is 0 Å². The lowest BCUT2D eigenvalue weighted by Gasteiger charge is -2.07. The summed E-state index contributed by atoms with van der Waals surface area (Å²) >= 11 is 0. The standard InChI is InChI=1S/C8H13N3/c1-11-6-10-5-7(11)4-8(9)2-3-8/h5-6H,2-4,9H2,1H3. The van der Waals surface area contributed by atoms with Crippen molar-refractivity contribution in [1.82, 2.24) is 9.55 Å². The van der Waals surface area contributed by atoms with E-state index in [-0.39, 0.29) is 5.54 Å². The van der Waals surface area contributed by atoms with Crippen LogP contribution >= 0.6 is 0 Å². The molecule has 0 saturated heterocycles. The Labute approximate surface area is 66.2 Å². The van der Waals surface area contributed by atoms with Gasteiger partial charge in [0, 0.05) is 30.9 Å². The second-order valence-electron chi connectivity index (χ2n) is 3.54. The number of nitrogens with two attached hydrogens (primary N) is 1. The van der Waals surface area contributed by atoms with Crippen molar-refractivity contribution in [2.24, 2.45) is 12.8 Å². The lowest BCUT2D eigenvalue weighted by atomic mass is 10.1. The summed E-state index contributed by atoms with van der Waals surface area (Å²) in [5.41, 5.74) is 7.31. The third-order valence-electron chi connectivity index (χ3n) is 2.34. The van der Waals surface area contributed by atoms with Gasteiger partial charge in [0.15, 0.2) is 0 Å². The van der Waals surface area contributed by atoms with E-state index in [1.54, 1.807) is 0 Å². The zero-order valence-corrected chi connectivity index (χ0v) is 6.75. The summed E-state index contributed by atoms with van der Waals surface area (Å²) in [4.78, 5) is 4.04. The number of aromatic nitrogens is 2. The topological polar surface area (TPSA) is 43.8 Å². The average molecular weight is 151 g/mol. The summed E-state index contributed by atoms with van der Waals surface area (Å²) in [5.74, 6) is 0. The Kier molecular flexibility index (Phi) is 1.29. The Hall–Kier alpha value is -0.830. The first-order chi connectivity index (χ1) is 5.20. The quantitative estimate of drug-likeness (QED) is 0.667. The fourth-order valence-electron chi connectivity index (χ4n) is 1.25. The second-order valence-corrected chi connectivity index (χ2v) is 3.54. The van der Waals surface area contributed by atoms with Gasteiger partial charge in [0.2, 0.25) is 0 Å². The minimum atomic E-state index is 0.105. The molecule has 0 spiro atoms. The van der Waals surface area contributed by atoms with Gasteiger partial charge in [-0.15, -0.1) is 0 Å². The number of hydrogen-bond acceptors (Lipinski definition) is 2. The number of rotatable bonds is 2. The van der Waals surface area contributed by atoms with Crippen LogP contribution in [-0.2, 0) is 13.5 Å². The predicted octanol–water partition coefficient (Wildman–Crippen LogP) is 0.454. The van der Waals surface area contributed by atoms with Crippen molar-refractivity contribution in [3.05, 3.63) is 18.2 Å². The fourth-order valence-corrected chi connectivity index (χ4v) is 1.25. The van der Waals surface area contributed by atoms with Crippen LogP contribution in [0.25, 0.3) is 0 Å². The molecule has 1 aromatic heterocycles. The molecule has 60 valence electrons. The van der Waals surface area contributed by atoms with Crippen LogP contribution in [0.4, 0.5) is 0 Å². The number of aryl methyl sites for hydroxylation is 1. The van der Waals surface area contributed by atoms with Gasteiger partial charge in [-0.05, 0) is 12.8 Å². The van der Waals surface area contributed by atoms with Crippen molar-refractivity contribution < 1.29 is 0 Å². The SMILES string of the molecule is Cn1cncc1CC1(N)CC1. The highest BCUT2D eigenvalue weighted by atomic mass is 15.0. The summed E-state index contributed by atoms with van der Waals surface area (Å²) in [6.45, 7) is 0.